The minimum atomic E-state index is -4.39. The van der Waals surface area contributed by atoms with Gasteiger partial charge in [0.25, 0.3) is 0 Å². The second kappa shape index (κ2) is 60.9. The van der Waals surface area contributed by atoms with Gasteiger partial charge in [0.2, 0.25) is 0 Å². The lowest BCUT2D eigenvalue weighted by Gasteiger charge is -2.19. The molecule has 0 aromatic carbocycles. The molecule has 0 aromatic rings. The summed E-state index contributed by atoms with van der Waals surface area (Å²) in [5, 5.41) is 0. The Balaban J connectivity index is 3.72. The third-order valence-corrected chi connectivity index (χ3v) is 14.8. The molecule has 0 heterocycles. The first-order valence-corrected chi connectivity index (χ1v) is 33.3. The topological polar surface area (TPSA) is 134 Å². The van der Waals surface area contributed by atoms with Gasteiger partial charge in [0.15, 0.2) is 6.10 Å². The predicted octanol–water partition coefficient (Wildman–Crippen LogP) is 20.3. The Morgan fingerprint density at radius 1 is 0.400 bits per heavy atom. The second-order valence-corrected chi connectivity index (χ2v) is 22.7. The van der Waals surface area contributed by atoms with Crippen molar-refractivity contribution in [3.05, 3.63) is 60.8 Å². The van der Waals surface area contributed by atoms with Gasteiger partial charge in [-0.3, -0.25) is 18.6 Å². The van der Waals surface area contributed by atoms with E-state index in [0.717, 1.165) is 70.6 Å². The molecule has 0 aliphatic rings. The molecule has 10 heteroatoms. The van der Waals surface area contributed by atoms with Crippen LogP contribution in [0.15, 0.2) is 60.8 Å². The molecule has 75 heavy (non-hydrogen) atoms. The van der Waals surface area contributed by atoms with Gasteiger partial charge in [-0.25, -0.2) is 4.57 Å². The monoisotopic (exact) mass is 1070 g/mol. The van der Waals surface area contributed by atoms with Gasteiger partial charge in [-0.15, -0.1) is 0 Å². The van der Waals surface area contributed by atoms with E-state index in [1.54, 1.807) is 0 Å². The van der Waals surface area contributed by atoms with Crippen molar-refractivity contribution >= 4 is 19.8 Å². The SMILES string of the molecule is CCC/C=C\C/C=C\CCCCCCCC(=O)OCC(COP(=O)(O)OCCN)OC(=O)CCCCCCCCCCCCCCCCCCCCCCCCCCCC/C=C\C/C=C\C/C=C\CCCCCCC. The Morgan fingerprint density at radius 2 is 0.720 bits per heavy atom. The maximum atomic E-state index is 12.7. The Bertz CT molecular complexity index is 1410. The van der Waals surface area contributed by atoms with E-state index >= 15 is 0 Å². The quantitative estimate of drug-likeness (QED) is 0.0264. The highest BCUT2D eigenvalue weighted by atomic mass is 31.2. The molecule has 438 valence electrons. The summed E-state index contributed by atoms with van der Waals surface area (Å²) >= 11 is 0. The average Bonchev–Trinajstić information content (AvgIpc) is 3.40. The number of carbonyl (C=O) groups excluding carboxylic acids is 2. The summed E-state index contributed by atoms with van der Waals surface area (Å²) in [6.07, 6.45) is 77.6. The van der Waals surface area contributed by atoms with Crippen LogP contribution in [0.4, 0.5) is 0 Å². The van der Waals surface area contributed by atoms with Gasteiger partial charge in [0.1, 0.15) is 6.61 Å². The van der Waals surface area contributed by atoms with E-state index in [1.807, 2.05) is 0 Å². The molecule has 0 aliphatic carbocycles. The Kier molecular flexibility index (Phi) is 59.1. The molecule has 3 N–H and O–H groups in total. The third kappa shape index (κ3) is 60.8. The molecule has 0 aromatic heterocycles. The molecule has 9 nitrogen and oxygen atoms in total. The summed E-state index contributed by atoms with van der Waals surface area (Å²) in [7, 11) is -4.39. The van der Waals surface area contributed by atoms with E-state index in [9.17, 15) is 19.0 Å². The number of rotatable bonds is 60. The fraction of sp³-hybridized carbons (Fsp3) is 0.815. The summed E-state index contributed by atoms with van der Waals surface area (Å²) in [6.45, 7) is 3.67. The number of esters is 2. The summed E-state index contributed by atoms with van der Waals surface area (Å²) in [6, 6.07) is 0. The highest BCUT2D eigenvalue weighted by molar-refractivity contribution is 7.47. The van der Waals surface area contributed by atoms with Crippen LogP contribution in [-0.2, 0) is 32.7 Å². The van der Waals surface area contributed by atoms with Gasteiger partial charge in [0, 0.05) is 19.4 Å². The van der Waals surface area contributed by atoms with Crippen molar-refractivity contribution in [1.82, 2.24) is 0 Å². The first kappa shape index (κ1) is 72.7. The first-order chi connectivity index (χ1) is 36.8. The zero-order valence-corrected chi connectivity index (χ0v) is 49.9. The number of unbranched alkanes of at least 4 members (excludes halogenated alkanes) is 37. The van der Waals surface area contributed by atoms with Crippen LogP contribution in [0.25, 0.3) is 0 Å². The maximum absolute atomic E-state index is 12.7. The molecule has 0 saturated heterocycles. The van der Waals surface area contributed by atoms with Crippen molar-refractivity contribution < 1.29 is 37.6 Å². The molecule has 0 radical (unpaired) electrons. The number of allylic oxidation sites excluding steroid dienone is 10. The molecule has 0 saturated carbocycles. The van der Waals surface area contributed by atoms with Gasteiger partial charge >= 0.3 is 19.8 Å². The standard InChI is InChI=1S/C65H120NO8P/c1-3-5-7-9-11-13-15-17-18-19-20-21-22-23-24-25-26-27-28-29-30-31-32-33-34-35-36-37-38-39-40-41-42-43-44-46-48-50-52-54-56-58-65(68)74-63(62-73-75(69,70)72-60-59-66)61-71-64(67)57-55-53-51-49-47-45-16-14-12-10-8-6-4-2/h8,10,14-17,19-20,22-23,63H,3-7,9,11-13,18,21,24-62,66H2,1-2H3,(H,69,70)/b10-8-,16-14-,17-15-,20-19-,23-22-. The average molecular weight is 1070 g/mol. The van der Waals surface area contributed by atoms with Crippen molar-refractivity contribution in [1.29, 1.82) is 0 Å². The number of carbonyl (C=O) groups is 2. The fourth-order valence-corrected chi connectivity index (χ4v) is 9.92. The Labute approximate surface area is 463 Å². The zero-order valence-electron chi connectivity index (χ0n) is 49.0. The molecular weight excluding hydrogens is 954 g/mol. The lowest BCUT2D eigenvalue weighted by atomic mass is 10.0. The number of phosphoric ester groups is 1. The predicted molar refractivity (Wildman–Crippen MR) is 321 cm³/mol. The Morgan fingerprint density at radius 3 is 1.08 bits per heavy atom. The van der Waals surface area contributed by atoms with Gasteiger partial charge in [0.05, 0.1) is 13.2 Å². The molecule has 0 bridgehead atoms. The van der Waals surface area contributed by atoms with Crippen LogP contribution in [0.5, 0.6) is 0 Å². The highest BCUT2D eigenvalue weighted by Crippen LogP contribution is 2.43. The summed E-state index contributed by atoms with van der Waals surface area (Å²) < 4.78 is 33.0. The fourth-order valence-electron chi connectivity index (χ4n) is 9.15. The van der Waals surface area contributed by atoms with Gasteiger partial charge in [-0.1, -0.05) is 280 Å². The molecule has 0 rings (SSSR count). The van der Waals surface area contributed by atoms with Gasteiger partial charge < -0.3 is 20.1 Å². The van der Waals surface area contributed by atoms with Crippen LogP contribution in [0, 0.1) is 0 Å². The lowest BCUT2D eigenvalue weighted by Crippen LogP contribution is -2.29. The largest absolute Gasteiger partial charge is 0.472 e. The van der Waals surface area contributed by atoms with E-state index in [4.69, 9.17) is 24.3 Å². The van der Waals surface area contributed by atoms with Crippen molar-refractivity contribution in [3.63, 3.8) is 0 Å². The smallest absolute Gasteiger partial charge is 0.462 e. The molecule has 0 fully saturated rings. The van der Waals surface area contributed by atoms with Crippen LogP contribution in [0.2, 0.25) is 0 Å². The van der Waals surface area contributed by atoms with Crippen LogP contribution in [0.1, 0.15) is 309 Å². The summed E-state index contributed by atoms with van der Waals surface area (Å²) in [4.78, 5) is 35.1. The maximum Gasteiger partial charge on any atom is 0.472 e. The zero-order chi connectivity index (χ0) is 54.5. The number of nitrogens with two attached hydrogens (primary N) is 1. The third-order valence-electron chi connectivity index (χ3n) is 13.9. The van der Waals surface area contributed by atoms with Crippen molar-refractivity contribution in [3.8, 4) is 0 Å². The van der Waals surface area contributed by atoms with E-state index < -0.39 is 32.5 Å². The molecule has 2 atom stereocenters. The van der Waals surface area contributed by atoms with Crippen molar-refractivity contribution in [2.45, 2.75) is 315 Å². The Hall–Kier alpha value is -2.29. The molecule has 2 unspecified atom stereocenters. The molecule has 0 aliphatic heterocycles. The van der Waals surface area contributed by atoms with Crippen LogP contribution in [-0.4, -0.2) is 49.3 Å². The number of ether oxygens (including phenoxy) is 2. The lowest BCUT2D eigenvalue weighted by molar-refractivity contribution is -0.161. The van der Waals surface area contributed by atoms with E-state index in [0.29, 0.717) is 12.8 Å². The van der Waals surface area contributed by atoms with Crippen LogP contribution >= 0.6 is 7.82 Å². The second-order valence-electron chi connectivity index (χ2n) is 21.3. The number of phosphoric acid groups is 1. The van der Waals surface area contributed by atoms with Crippen molar-refractivity contribution in [2.24, 2.45) is 5.73 Å². The van der Waals surface area contributed by atoms with Gasteiger partial charge in [-0.2, -0.15) is 0 Å². The first-order valence-electron chi connectivity index (χ1n) is 31.8. The van der Waals surface area contributed by atoms with E-state index in [2.05, 4.69) is 74.6 Å². The number of hydrogen-bond donors (Lipinski definition) is 2. The minimum absolute atomic E-state index is 0.0516. The van der Waals surface area contributed by atoms with Gasteiger partial charge in [-0.05, 0) is 77.0 Å². The molecule has 0 amide bonds. The van der Waals surface area contributed by atoms with Crippen LogP contribution in [0.3, 0.4) is 0 Å². The summed E-state index contributed by atoms with van der Waals surface area (Å²) in [5.74, 6) is -0.835. The molecular formula is C65H120NO8P. The van der Waals surface area contributed by atoms with Crippen LogP contribution < -0.4 is 5.73 Å². The van der Waals surface area contributed by atoms with Crippen molar-refractivity contribution in [2.75, 3.05) is 26.4 Å². The van der Waals surface area contributed by atoms with E-state index in [-0.39, 0.29) is 32.6 Å². The highest BCUT2D eigenvalue weighted by Gasteiger charge is 2.26. The normalized spacial score (nSPS) is 13.4. The molecule has 0 spiro atoms. The van der Waals surface area contributed by atoms with E-state index in [1.165, 1.54) is 199 Å². The summed E-state index contributed by atoms with van der Waals surface area (Å²) in [5.41, 5.74) is 5.38. The number of hydrogen-bond acceptors (Lipinski definition) is 8. The minimum Gasteiger partial charge on any atom is -0.462 e.